The largest absolute Gasteiger partial charge is 0.381 e. The van der Waals surface area contributed by atoms with E-state index in [0.717, 1.165) is 51.4 Å². The summed E-state index contributed by atoms with van der Waals surface area (Å²) in [5, 5.41) is 3.11. The SMILES string of the molecule is CO[C@H]1CC[C@H](OCCC(=O)N[C@H]2CC[C@H](C(=O)C(C)C)CC2)CC1. The third-order valence-electron chi connectivity index (χ3n) is 5.70. The van der Waals surface area contributed by atoms with E-state index in [4.69, 9.17) is 9.47 Å². The summed E-state index contributed by atoms with van der Waals surface area (Å²) < 4.78 is 11.2. The summed E-state index contributed by atoms with van der Waals surface area (Å²) in [6, 6.07) is 0.223. The predicted molar refractivity (Wildman–Crippen MR) is 97.4 cm³/mol. The summed E-state index contributed by atoms with van der Waals surface area (Å²) >= 11 is 0. The Labute approximate surface area is 152 Å². The molecule has 0 heterocycles. The van der Waals surface area contributed by atoms with Crippen molar-refractivity contribution in [3.05, 3.63) is 0 Å². The molecule has 0 aromatic heterocycles. The molecule has 0 radical (unpaired) electrons. The predicted octanol–water partition coefficient (Wildman–Crippen LogP) is 3.25. The van der Waals surface area contributed by atoms with E-state index in [1.807, 2.05) is 13.8 Å². The number of carbonyl (C=O) groups is 2. The van der Waals surface area contributed by atoms with E-state index in [9.17, 15) is 9.59 Å². The van der Waals surface area contributed by atoms with Crippen LogP contribution >= 0.6 is 0 Å². The first-order valence-electron chi connectivity index (χ1n) is 9.97. The van der Waals surface area contributed by atoms with Gasteiger partial charge in [0.1, 0.15) is 5.78 Å². The molecule has 0 saturated heterocycles. The number of ether oxygens (including phenoxy) is 2. The maximum Gasteiger partial charge on any atom is 0.222 e. The highest BCUT2D eigenvalue weighted by Crippen LogP contribution is 2.27. The quantitative estimate of drug-likeness (QED) is 0.727. The van der Waals surface area contributed by atoms with Crippen LogP contribution in [0, 0.1) is 11.8 Å². The number of methoxy groups -OCH3 is 1. The van der Waals surface area contributed by atoms with Gasteiger partial charge in [-0.05, 0) is 51.4 Å². The lowest BCUT2D eigenvalue weighted by molar-refractivity contribution is -0.127. The fraction of sp³-hybridized carbons (Fsp3) is 0.900. The normalized spacial score (nSPS) is 30.2. The fourth-order valence-electron chi connectivity index (χ4n) is 4.05. The van der Waals surface area contributed by atoms with Gasteiger partial charge in [0, 0.05) is 31.4 Å². The molecular formula is C20H35NO4. The molecule has 0 unspecified atom stereocenters. The Morgan fingerprint density at radius 2 is 1.56 bits per heavy atom. The van der Waals surface area contributed by atoms with E-state index < -0.39 is 0 Å². The molecule has 0 bridgehead atoms. The minimum absolute atomic E-state index is 0.0733. The first kappa shape index (κ1) is 20.4. The van der Waals surface area contributed by atoms with Crippen LogP contribution in [0.2, 0.25) is 0 Å². The van der Waals surface area contributed by atoms with Gasteiger partial charge in [0.15, 0.2) is 0 Å². The van der Waals surface area contributed by atoms with Gasteiger partial charge < -0.3 is 14.8 Å². The topological polar surface area (TPSA) is 64.6 Å². The van der Waals surface area contributed by atoms with Crippen LogP contribution in [-0.4, -0.2) is 43.7 Å². The Morgan fingerprint density at radius 3 is 2.12 bits per heavy atom. The molecule has 0 aliphatic heterocycles. The van der Waals surface area contributed by atoms with Crippen molar-refractivity contribution in [3.8, 4) is 0 Å². The molecule has 2 aliphatic rings. The third-order valence-corrected chi connectivity index (χ3v) is 5.70. The first-order chi connectivity index (χ1) is 12.0. The second kappa shape index (κ2) is 10.3. The molecule has 2 rings (SSSR count). The second-order valence-corrected chi connectivity index (χ2v) is 7.93. The number of amides is 1. The van der Waals surface area contributed by atoms with Crippen molar-refractivity contribution in [2.24, 2.45) is 11.8 Å². The van der Waals surface area contributed by atoms with Crippen molar-refractivity contribution >= 4 is 11.7 Å². The summed E-state index contributed by atoms with van der Waals surface area (Å²) in [4.78, 5) is 24.1. The molecule has 5 nitrogen and oxygen atoms in total. The summed E-state index contributed by atoms with van der Waals surface area (Å²) in [6.07, 6.45) is 8.85. The summed E-state index contributed by atoms with van der Waals surface area (Å²) in [6.45, 7) is 4.44. The van der Waals surface area contributed by atoms with Crippen LogP contribution in [0.5, 0.6) is 0 Å². The smallest absolute Gasteiger partial charge is 0.222 e. The van der Waals surface area contributed by atoms with Crippen LogP contribution < -0.4 is 5.32 Å². The van der Waals surface area contributed by atoms with Gasteiger partial charge in [-0.25, -0.2) is 0 Å². The van der Waals surface area contributed by atoms with Crippen LogP contribution in [0.25, 0.3) is 0 Å². The van der Waals surface area contributed by atoms with Crippen LogP contribution in [0.15, 0.2) is 0 Å². The van der Waals surface area contributed by atoms with Gasteiger partial charge in [-0.2, -0.15) is 0 Å². The van der Waals surface area contributed by atoms with Gasteiger partial charge in [0.2, 0.25) is 5.91 Å². The number of carbonyl (C=O) groups excluding carboxylic acids is 2. The van der Waals surface area contributed by atoms with Crippen molar-refractivity contribution in [1.82, 2.24) is 5.32 Å². The molecule has 0 aromatic carbocycles. The van der Waals surface area contributed by atoms with E-state index in [1.54, 1.807) is 7.11 Å². The average Bonchev–Trinajstić information content (AvgIpc) is 2.62. The highest BCUT2D eigenvalue weighted by Gasteiger charge is 2.28. The Kier molecular flexibility index (Phi) is 8.37. The van der Waals surface area contributed by atoms with E-state index in [-0.39, 0.29) is 29.9 Å². The van der Waals surface area contributed by atoms with E-state index in [2.05, 4.69) is 5.32 Å². The lowest BCUT2D eigenvalue weighted by atomic mass is 9.80. The lowest BCUT2D eigenvalue weighted by Gasteiger charge is -2.29. The Hall–Kier alpha value is -0.940. The fourth-order valence-corrected chi connectivity index (χ4v) is 4.05. The summed E-state index contributed by atoms with van der Waals surface area (Å²) in [7, 11) is 1.77. The zero-order valence-corrected chi connectivity index (χ0v) is 16.1. The van der Waals surface area contributed by atoms with Gasteiger partial charge in [-0.15, -0.1) is 0 Å². The molecular weight excluding hydrogens is 318 g/mol. The van der Waals surface area contributed by atoms with Crippen molar-refractivity contribution in [2.45, 2.75) is 89.9 Å². The second-order valence-electron chi connectivity index (χ2n) is 7.93. The molecule has 1 N–H and O–H groups in total. The molecule has 25 heavy (non-hydrogen) atoms. The molecule has 2 fully saturated rings. The number of hydrogen-bond donors (Lipinski definition) is 1. The maximum absolute atomic E-state index is 12.1. The molecule has 2 saturated carbocycles. The highest BCUT2D eigenvalue weighted by molar-refractivity contribution is 5.83. The summed E-state index contributed by atoms with van der Waals surface area (Å²) in [5.41, 5.74) is 0. The standard InChI is InChI=1S/C20H35NO4/c1-14(2)20(23)15-4-6-16(7-5-15)21-19(22)12-13-25-18-10-8-17(24-3)9-11-18/h14-18H,4-13H2,1-3H3,(H,21,22)/t15-,16-,17-,18-. The molecule has 144 valence electrons. The van der Waals surface area contributed by atoms with Crippen molar-refractivity contribution in [1.29, 1.82) is 0 Å². The molecule has 0 spiro atoms. The van der Waals surface area contributed by atoms with Gasteiger partial charge in [-0.3, -0.25) is 9.59 Å². The third kappa shape index (κ3) is 6.70. The molecule has 0 aromatic rings. The first-order valence-corrected chi connectivity index (χ1v) is 9.97. The van der Waals surface area contributed by atoms with Crippen molar-refractivity contribution in [3.63, 3.8) is 0 Å². The van der Waals surface area contributed by atoms with Gasteiger partial charge in [-0.1, -0.05) is 13.8 Å². The lowest BCUT2D eigenvalue weighted by Crippen LogP contribution is -2.39. The minimum Gasteiger partial charge on any atom is -0.381 e. The van der Waals surface area contributed by atoms with Crippen LogP contribution in [0.4, 0.5) is 0 Å². The van der Waals surface area contributed by atoms with E-state index in [0.29, 0.717) is 24.9 Å². The number of rotatable bonds is 8. The zero-order chi connectivity index (χ0) is 18.2. The monoisotopic (exact) mass is 353 g/mol. The van der Waals surface area contributed by atoms with Crippen LogP contribution in [0.1, 0.15) is 71.6 Å². The van der Waals surface area contributed by atoms with E-state index in [1.165, 1.54) is 0 Å². The molecule has 0 atom stereocenters. The van der Waals surface area contributed by atoms with E-state index >= 15 is 0 Å². The molecule has 2 aliphatic carbocycles. The Balaban J connectivity index is 1.56. The maximum atomic E-state index is 12.1. The Bertz CT molecular complexity index is 421. The average molecular weight is 354 g/mol. The van der Waals surface area contributed by atoms with Gasteiger partial charge in [0.25, 0.3) is 0 Å². The van der Waals surface area contributed by atoms with Gasteiger partial charge in [0.05, 0.1) is 18.8 Å². The number of nitrogens with one attached hydrogen (secondary N) is 1. The zero-order valence-electron chi connectivity index (χ0n) is 16.1. The highest BCUT2D eigenvalue weighted by atomic mass is 16.5. The van der Waals surface area contributed by atoms with Crippen molar-refractivity contribution in [2.75, 3.05) is 13.7 Å². The Morgan fingerprint density at radius 1 is 0.960 bits per heavy atom. The van der Waals surface area contributed by atoms with Crippen LogP contribution in [-0.2, 0) is 19.1 Å². The van der Waals surface area contributed by atoms with Crippen molar-refractivity contribution < 1.29 is 19.1 Å². The minimum atomic E-state index is 0.0733. The number of hydrogen-bond acceptors (Lipinski definition) is 4. The van der Waals surface area contributed by atoms with Crippen LogP contribution in [0.3, 0.4) is 0 Å². The molecule has 5 heteroatoms. The number of Topliss-reactive ketones (excluding diaryl/α,β-unsaturated/α-hetero) is 1. The summed E-state index contributed by atoms with van der Waals surface area (Å²) in [5.74, 6) is 0.761. The van der Waals surface area contributed by atoms with Gasteiger partial charge >= 0.3 is 0 Å². The number of ketones is 1. The molecule has 1 amide bonds.